The lowest BCUT2D eigenvalue weighted by Crippen LogP contribution is -2.55. The first-order chi connectivity index (χ1) is 11.6. The van der Waals surface area contributed by atoms with Crippen LogP contribution in [-0.2, 0) is 4.79 Å². The van der Waals surface area contributed by atoms with E-state index in [0.717, 1.165) is 25.7 Å². The third kappa shape index (κ3) is 1.92. The first-order valence-electron chi connectivity index (χ1n) is 9.56. The van der Waals surface area contributed by atoms with Crippen LogP contribution in [0.3, 0.4) is 0 Å². The maximum Gasteiger partial charge on any atom is 0.309 e. The number of carbonyl (C=O) groups is 1. The summed E-state index contributed by atoms with van der Waals surface area (Å²) >= 11 is 0. The zero-order valence-corrected chi connectivity index (χ0v) is 15.2. The Morgan fingerprint density at radius 1 is 1.20 bits per heavy atom. The van der Waals surface area contributed by atoms with E-state index in [2.05, 4.69) is 13.0 Å². The Hall–Kier alpha value is -0.910. The van der Waals surface area contributed by atoms with Crippen LogP contribution >= 0.6 is 0 Å². The van der Waals surface area contributed by atoms with E-state index < -0.39 is 29.2 Å². The molecule has 2 bridgehead atoms. The van der Waals surface area contributed by atoms with Crippen molar-refractivity contribution >= 4 is 5.97 Å². The van der Waals surface area contributed by atoms with Crippen molar-refractivity contribution in [3.63, 3.8) is 0 Å². The SMILES string of the molecule is C[C@@]1(C(=O)O)CCC[C@@]2(C)C3=CC[C@]4(O)C[C@@]3(CC[C@H]12)C[C@]4(O)CO. The van der Waals surface area contributed by atoms with Crippen molar-refractivity contribution in [2.75, 3.05) is 6.61 Å². The molecule has 3 saturated carbocycles. The zero-order valence-electron chi connectivity index (χ0n) is 15.2. The normalized spacial score (nSPS) is 54.4. The number of allylic oxidation sites excluding steroid dienone is 1. The summed E-state index contributed by atoms with van der Waals surface area (Å²) in [5, 5.41) is 41.6. The molecule has 0 aliphatic heterocycles. The maximum atomic E-state index is 12.1. The van der Waals surface area contributed by atoms with Crippen LogP contribution in [0.1, 0.15) is 65.2 Å². The van der Waals surface area contributed by atoms with Gasteiger partial charge in [0.05, 0.1) is 17.6 Å². The van der Waals surface area contributed by atoms with E-state index in [4.69, 9.17) is 0 Å². The molecule has 0 radical (unpaired) electrons. The molecule has 0 unspecified atom stereocenters. The van der Waals surface area contributed by atoms with E-state index >= 15 is 0 Å². The van der Waals surface area contributed by atoms with Crippen LogP contribution in [0.25, 0.3) is 0 Å². The summed E-state index contributed by atoms with van der Waals surface area (Å²) in [7, 11) is 0. The molecular weight excluding hydrogens is 320 g/mol. The minimum absolute atomic E-state index is 0.0807. The highest BCUT2D eigenvalue weighted by Gasteiger charge is 2.70. The molecule has 140 valence electrons. The number of aliphatic hydroxyl groups is 3. The van der Waals surface area contributed by atoms with E-state index in [0.29, 0.717) is 25.7 Å². The number of carboxylic acids is 1. The summed E-state index contributed by atoms with van der Waals surface area (Å²) < 4.78 is 0. The average Bonchev–Trinajstić information content (AvgIpc) is 2.69. The number of hydrogen-bond donors (Lipinski definition) is 4. The van der Waals surface area contributed by atoms with Gasteiger partial charge in [0.25, 0.3) is 0 Å². The van der Waals surface area contributed by atoms with Gasteiger partial charge in [-0.05, 0) is 68.6 Å². The quantitative estimate of drug-likeness (QED) is 0.573. The molecule has 0 aromatic heterocycles. The van der Waals surface area contributed by atoms with Crippen molar-refractivity contribution in [2.45, 2.75) is 76.4 Å². The Kier molecular flexibility index (Phi) is 3.41. The van der Waals surface area contributed by atoms with E-state index in [1.54, 1.807) is 0 Å². The Balaban J connectivity index is 1.80. The second-order valence-electron chi connectivity index (χ2n) is 9.76. The highest BCUT2D eigenvalue weighted by Crippen LogP contribution is 2.71. The van der Waals surface area contributed by atoms with Crippen molar-refractivity contribution in [3.8, 4) is 0 Å². The van der Waals surface area contributed by atoms with Crippen molar-refractivity contribution in [1.82, 2.24) is 0 Å². The summed E-state index contributed by atoms with van der Waals surface area (Å²) in [6, 6.07) is 0. The van der Waals surface area contributed by atoms with Crippen molar-refractivity contribution in [3.05, 3.63) is 11.6 Å². The minimum atomic E-state index is -1.46. The van der Waals surface area contributed by atoms with Gasteiger partial charge in [0.2, 0.25) is 0 Å². The molecule has 0 heterocycles. The fourth-order valence-electron chi connectivity index (χ4n) is 7.32. The molecule has 0 aromatic carbocycles. The van der Waals surface area contributed by atoms with Crippen LogP contribution < -0.4 is 0 Å². The number of hydrogen-bond acceptors (Lipinski definition) is 4. The number of fused-ring (bicyclic) bond motifs is 3. The molecule has 1 spiro atoms. The summed E-state index contributed by atoms with van der Waals surface area (Å²) in [5.41, 5.74) is -2.69. The highest BCUT2D eigenvalue weighted by atomic mass is 16.4. The smallest absolute Gasteiger partial charge is 0.309 e. The fourth-order valence-corrected chi connectivity index (χ4v) is 7.32. The Labute approximate surface area is 148 Å². The summed E-state index contributed by atoms with van der Waals surface area (Å²) in [6.07, 6.45) is 7.43. The fraction of sp³-hybridized carbons (Fsp3) is 0.850. The summed E-state index contributed by atoms with van der Waals surface area (Å²) in [6.45, 7) is 3.67. The molecule has 5 nitrogen and oxygen atoms in total. The minimum Gasteiger partial charge on any atom is -0.481 e. The number of carboxylic acid groups (broad SMARTS) is 1. The number of aliphatic hydroxyl groups excluding tert-OH is 1. The molecule has 4 rings (SSSR count). The Bertz CT molecular complexity index is 658. The van der Waals surface area contributed by atoms with Gasteiger partial charge < -0.3 is 20.4 Å². The lowest BCUT2D eigenvalue weighted by molar-refractivity contribution is -0.161. The largest absolute Gasteiger partial charge is 0.481 e. The average molecular weight is 350 g/mol. The van der Waals surface area contributed by atoms with Crippen LogP contribution in [0.4, 0.5) is 0 Å². The van der Waals surface area contributed by atoms with Crippen LogP contribution in [-0.4, -0.2) is 44.2 Å². The predicted molar refractivity (Wildman–Crippen MR) is 91.8 cm³/mol. The predicted octanol–water partition coefficient (Wildman–Crippen LogP) is 2.24. The molecule has 4 aliphatic rings. The van der Waals surface area contributed by atoms with E-state index in [-0.39, 0.29) is 16.7 Å². The second-order valence-corrected chi connectivity index (χ2v) is 9.76. The molecule has 5 heteroatoms. The molecule has 4 aliphatic carbocycles. The molecule has 0 saturated heterocycles. The van der Waals surface area contributed by atoms with Gasteiger partial charge in [-0.25, -0.2) is 0 Å². The molecule has 4 N–H and O–H groups in total. The number of rotatable bonds is 2. The van der Waals surface area contributed by atoms with Gasteiger partial charge in [0, 0.05) is 0 Å². The lowest BCUT2D eigenvalue weighted by Gasteiger charge is -2.60. The Morgan fingerprint density at radius 3 is 2.56 bits per heavy atom. The van der Waals surface area contributed by atoms with Gasteiger partial charge in [-0.15, -0.1) is 0 Å². The lowest BCUT2D eigenvalue weighted by atomic mass is 9.44. The van der Waals surface area contributed by atoms with Gasteiger partial charge in [-0.2, -0.15) is 0 Å². The van der Waals surface area contributed by atoms with Crippen molar-refractivity contribution < 1.29 is 25.2 Å². The third-order valence-corrected chi connectivity index (χ3v) is 8.55. The molecule has 0 aromatic rings. The maximum absolute atomic E-state index is 12.1. The van der Waals surface area contributed by atoms with Crippen LogP contribution in [0.2, 0.25) is 0 Å². The number of aliphatic carboxylic acids is 1. The van der Waals surface area contributed by atoms with Gasteiger partial charge in [0.1, 0.15) is 5.60 Å². The third-order valence-electron chi connectivity index (χ3n) is 8.55. The topological polar surface area (TPSA) is 98.0 Å². The zero-order chi connectivity index (χ0) is 18.3. The van der Waals surface area contributed by atoms with Gasteiger partial charge >= 0.3 is 5.97 Å². The molecule has 0 amide bonds. The van der Waals surface area contributed by atoms with Crippen LogP contribution in [0, 0.1) is 22.2 Å². The molecule has 25 heavy (non-hydrogen) atoms. The summed E-state index contributed by atoms with van der Waals surface area (Å²) in [5.74, 6) is -0.622. The monoisotopic (exact) mass is 350 g/mol. The van der Waals surface area contributed by atoms with Crippen molar-refractivity contribution in [1.29, 1.82) is 0 Å². The molecule has 6 atom stereocenters. The van der Waals surface area contributed by atoms with Crippen molar-refractivity contribution in [2.24, 2.45) is 22.2 Å². The standard InChI is InChI=1S/C20H30O5/c1-16-6-3-7-17(2,15(22)23)13(16)4-8-18-10-19(24,9-5-14(16)18)20(25,11-18)12-21/h5,13,21,24-25H,3-4,6-12H2,1-2H3,(H,22,23)/t13-,16+,17+,18-,19-,20-/m0/s1. The first-order valence-corrected chi connectivity index (χ1v) is 9.56. The van der Waals surface area contributed by atoms with Gasteiger partial charge in [0.15, 0.2) is 0 Å². The first kappa shape index (κ1) is 17.5. The highest BCUT2D eigenvalue weighted by molar-refractivity contribution is 5.75. The van der Waals surface area contributed by atoms with E-state index in [1.807, 2.05) is 6.92 Å². The van der Waals surface area contributed by atoms with E-state index in [9.17, 15) is 25.2 Å². The second kappa shape index (κ2) is 4.87. The molecular formula is C20H30O5. The van der Waals surface area contributed by atoms with Gasteiger partial charge in [-0.1, -0.05) is 25.0 Å². The van der Waals surface area contributed by atoms with Gasteiger partial charge in [-0.3, -0.25) is 4.79 Å². The summed E-state index contributed by atoms with van der Waals surface area (Å²) in [4.78, 5) is 12.1. The Morgan fingerprint density at radius 2 is 1.92 bits per heavy atom. The van der Waals surface area contributed by atoms with Crippen LogP contribution in [0.15, 0.2) is 11.6 Å². The van der Waals surface area contributed by atoms with E-state index in [1.165, 1.54) is 5.57 Å². The molecule has 3 fully saturated rings. The van der Waals surface area contributed by atoms with Crippen LogP contribution in [0.5, 0.6) is 0 Å².